The summed E-state index contributed by atoms with van der Waals surface area (Å²) in [7, 11) is 4.80. The average Bonchev–Trinajstić information content (AvgIpc) is 2.50. The van der Waals surface area contributed by atoms with E-state index >= 15 is 0 Å². The zero-order valence-corrected chi connectivity index (χ0v) is 12.5. The van der Waals surface area contributed by atoms with Gasteiger partial charge in [-0.25, -0.2) is 9.78 Å². The third-order valence-corrected chi connectivity index (χ3v) is 3.18. The molecule has 0 radical (unpaired) electrons. The fraction of sp³-hybridized carbons (Fsp3) is 0.267. The highest BCUT2D eigenvalue weighted by atomic mass is 16.5. The number of carbonyl (C=O) groups excluding carboxylic acids is 1. The zero-order chi connectivity index (χ0) is 16.3. The fourth-order valence-electron chi connectivity index (χ4n) is 2.19. The molecule has 7 nitrogen and oxygen atoms in total. The molecule has 0 aliphatic carbocycles. The minimum atomic E-state index is -0.865. The zero-order valence-electron chi connectivity index (χ0n) is 12.5. The van der Waals surface area contributed by atoms with Crippen molar-refractivity contribution in [2.75, 3.05) is 21.2 Å². The van der Waals surface area contributed by atoms with Gasteiger partial charge in [-0.2, -0.15) is 0 Å². The van der Waals surface area contributed by atoms with E-state index in [4.69, 9.17) is 0 Å². The first kappa shape index (κ1) is 15.7. The number of aromatic hydroxyl groups is 1. The van der Waals surface area contributed by atoms with E-state index in [0.29, 0.717) is 0 Å². The number of rotatable bonds is 4. The summed E-state index contributed by atoms with van der Waals surface area (Å²) >= 11 is 0. The molecule has 0 saturated carbocycles. The van der Waals surface area contributed by atoms with Crippen LogP contribution in [-0.2, 0) is 4.74 Å². The highest BCUT2D eigenvalue weighted by molar-refractivity contribution is 5.89. The third-order valence-electron chi connectivity index (χ3n) is 3.18. The highest BCUT2D eigenvalue weighted by Gasteiger charge is 2.24. The van der Waals surface area contributed by atoms with Gasteiger partial charge in [-0.1, -0.05) is 30.3 Å². The first-order chi connectivity index (χ1) is 10.5. The van der Waals surface area contributed by atoms with E-state index in [1.165, 1.54) is 0 Å². The lowest BCUT2D eigenvalue weighted by Crippen LogP contribution is -2.27. The number of ether oxygens (including phenoxy) is 1. The first-order valence-corrected chi connectivity index (χ1v) is 6.58. The number of aromatic nitrogens is 2. The van der Waals surface area contributed by atoms with E-state index in [0.717, 1.165) is 12.7 Å². The van der Waals surface area contributed by atoms with Crippen molar-refractivity contribution >= 4 is 5.97 Å². The number of hydrogen-bond donors (Lipinski definition) is 2. The molecule has 1 unspecified atom stereocenters. The summed E-state index contributed by atoms with van der Waals surface area (Å²) in [6.45, 7) is 0. The summed E-state index contributed by atoms with van der Waals surface area (Å²) < 4.78 is 4.55. The summed E-state index contributed by atoms with van der Waals surface area (Å²) in [4.78, 5) is 32.0. The molecular formula is C15H17N3O4. The van der Waals surface area contributed by atoms with E-state index in [2.05, 4.69) is 14.7 Å². The predicted octanol–water partition coefficient (Wildman–Crippen LogP) is 0.913. The van der Waals surface area contributed by atoms with Crippen molar-refractivity contribution < 1.29 is 14.6 Å². The van der Waals surface area contributed by atoms with Crippen molar-refractivity contribution in [1.29, 1.82) is 0 Å². The number of esters is 1. The molecule has 1 heterocycles. The minimum absolute atomic E-state index is 0.249. The van der Waals surface area contributed by atoms with E-state index < -0.39 is 23.0 Å². The standard InChI is InChI=1S/C15H17N3O4/c1-18(2)11(9-7-5-4-6-8-9)13-16-10(15(21)22-3)12(19)14(20)17-13/h4-8,11,19H,1-3H3,(H,16,17,20). The van der Waals surface area contributed by atoms with E-state index in [1.807, 2.05) is 49.3 Å². The number of nitrogens with one attached hydrogen (secondary N) is 1. The summed E-state index contributed by atoms with van der Waals surface area (Å²) in [5.41, 5.74) is -0.297. The third kappa shape index (κ3) is 2.99. The number of methoxy groups -OCH3 is 1. The van der Waals surface area contributed by atoms with Crippen LogP contribution in [0.15, 0.2) is 35.1 Å². The normalized spacial score (nSPS) is 12.2. The Morgan fingerprint density at radius 2 is 1.95 bits per heavy atom. The van der Waals surface area contributed by atoms with Crippen LogP contribution in [0.5, 0.6) is 5.75 Å². The SMILES string of the molecule is COC(=O)c1nc(C(c2ccccc2)N(C)C)[nH]c(=O)c1O. The molecule has 0 amide bonds. The van der Waals surface area contributed by atoms with Gasteiger partial charge < -0.3 is 14.8 Å². The molecule has 0 aliphatic heterocycles. The van der Waals surface area contributed by atoms with Crippen LogP contribution in [0.1, 0.15) is 27.9 Å². The Morgan fingerprint density at radius 3 is 2.50 bits per heavy atom. The van der Waals surface area contributed by atoms with E-state index in [-0.39, 0.29) is 11.9 Å². The Labute approximate surface area is 127 Å². The summed E-state index contributed by atoms with van der Waals surface area (Å²) in [6.07, 6.45) is 0. The Bertz CT molecular complexity index is 725. The minimum Gasteiger partial charge on any atom is -0.501 e. The van der Waals surface area contributed by atoms with Crippen LogP contribution in [0.4, 0.5) is 0 Å². The van der Waals surface area contributed by atoms with Crippen LogP contribution in [-0.4, -0.2) is 47.1 Å². The van der Waals surface area contributed by atoms with Gasteiger partial charge in [0.25, 0.3) is 5.56 Å². The maximum atomic E-state index is 11.9. The number of hydrogen-bond acceptors (Lipinski definition) is 6. The maximum Gasteiger partial charge on any atom is 0.360 e. The van der Waals surface area contributed by atoms with Gasteiger partial charge >= 0.3 is 5.97 Å². The van der Waals surface area contributed by atoms with Gasteiger partial charge in [0.2, 0.25) is 5.75 Å². The fourth-order valence-corrected chi connectivity index (χ4v) is 2.19. The number of nitrogens with zero attached hydrogens (tertiary/aromatic N) is 2. The maximum absolute atomic E-state index is 11.9. The average molecular weight is 303 g/mol. The van der Waals surface area contributed by atoms with Gasteiger partial charge in [-0.05, 0) is 19.7 Å². The number of aromatic amines is 1. The van der Waals surface area contributed by atoms with Crippen LogP contribution >= 0.6 is 0 Å². The summed E-state index contributed by atoms with van der Waals surface area (Å²) in [6, 6.07) is 9.00. The van der Waals surface area contributed by atoms with Crippen LogP contribution in [0.3, 0.4) is 0 Å². The smallest absolute Gasteiger partial charge is 0.360 e. The predicted molar refractivity (Wildman–Crippen MR) is 79.8 cm³/mol. The quantitative estimate of drug-likeness (QED) is 0.815. The Balaban J connectivity index is 2.61. The van der Waals surface area contributed by atoms with Crippen molar-refractivity contribution in [1.82, 2.24) is 14.9 Å². The van der Waals surface area contributed by atoms with Gasteiger partial charge in [0, 0.05) is 0 Å². The second-order valence-electron chi connectivity index (χ2n) is 4.92. The van der Waals surface area contributed by atoms with Crippen molar-refractivity contribution in [2.24, 2.45) is 0 Å². The highest BCUT2D eigenvalue weighted by Crippen LogP contribution is 2.24. The monoisotopic (exact) mass is 303 g/mol. The molecule has 1 aromatic heterocycles. The van der Waals surface area contributed by atoms with Gasteiger partial charge in [0.15, 0.2) is 5.69 Å². The first-order valence-electron chi connectivity index (χ1n) is 6.58. The lowest BCUT2D eigenvalue weighted by atomic mass is 10.1. The van der Waals surface area contributed by atoms with Crippen LogP contribution in [0, 0.1) is 0 Å². The van der Waals surface area contributed by atoms with Crippen LogP contribution < -0.4 is 5.56 Å². The lowest BCUT2D eigenvalue weighted by Gasteiger charge is -2.24. The Kier molecular flexibility index (Phi) is 4.57. The molecule has 7 heteroatoms. The summed E-state index contributed by atoms with van der Waals surface area (Å²) in [5.74, 6) is -1.36. The lowest BCUT2D eigenvalue weighted by molar-refractivity contribution is 0.0589. The largest absolute Gasteiger partial charge is 0.501 e. The van der Waals surface area contributed by atoms with Crippen molar-refractivity contribution in [3.05, 3.63) is 57.8 Å². The molecule has 22 heavy (non-hydrogen) atoms. The second kappa shape index (κ2) is 6.40. The molecule has 1 atom stereocenters. The molecule has 0 saturated heterocycles. The van der Waals surface area contributed by atoms with Gasteiger partial charge in [0.05, 0.1) is 13.2 Å². The second-order valence-corrected chi connectivity index (χ2v) is 4.92. The molecule has 2 rings (SSSR count). The number of benzene rings is 1. The molecule has 0 aliphatic rings. The van der Waals surface area contributed by atoms with Gasteiger partial charge in [0.1, 0.15) is 5.82 Å². The molecule has 2 aromatic rings. The van der Waals surface area contributed by atoms with Crippen LogP contribution in [0.25, 0.3) is 0 Å². The number of carbonyl (C=O) groups is 1. The van der Waals surface area contributed by atoms with Crippen molar-refractivity contribution in [2.45, 2.75) is 6.04 Å². The molecule has 1 aromatic carbocycles. The molecule has 0 bridgehead atoms. The van der Waals surface area contributed by atoms with E-state index in [9.17, 15) is 14.7 Å². The number of H-pyrrole nitrogens is 1. The van der Waals surface area contributed by atoms with Crippen molar-refractivity contribution in [3.63, 3.8) is 0 Å². The Morgan fingerprint density at radius 1 is 1.32 bits per heavy atom. The molecule has 116 valence electrons. The van der Waals surface area contributed by atoms with Crippen molar-refractivity contribution in [3.8, 4) is 5.75 Å². The van der Waals surface area contributed by atoms with Gasteiger partial charge in [-0.3, -0.25) is 9.69 Å². The summed E-state index contributed by atoms with van der Waals surface area (Å²) in [5, 5.41) is 9.69. The van der Waals surface area contributed by atoms with Gasteiger partial charge in [-0.15, -0.1) is 0 Å². The molecule has 0 fully saturated rings. The topological polar surface area (TPSA) is 95.5 Å². The van der Waals surface area contributed by atoms with Crippen LogP contribution in [0.2, 0.25) is 0 Å². The molecular weight excluding hydrogens is 286 g/mol. The van der Waals surface area contributed by atoms with E-state index in [1.54, 1.807) is 0 Å². The Hall–Kier alpha value is -2.67. The molecule has 2 N–H and O–H groups in total. The molecule has 0 spiro atoms.